The van der Waals surface area contributed by atoms with Crippen LogP contribution in [-0.2, 0) is 17.9 Å². The van der Waals surface area contributed by atoms with Crippen molar-refractivity contribution < 1.29 is 17.9 Å². The molecule has 11 heteroatoms. The van der Waals surface area contributed by atoms with Gasteiger partial charge in [0.2, 0.25) is 0 Å². The van der Waals surface area contributed by atoms with E-state index < -0.39 is 32.4 Å². The minimum absolute atomic E-state index is 0.303. The Hall–Kier alpha value is -0.902. The monoisotopic (exact) mass is 443 g/mol. The van der Waals surface area contributed by atoms with Crippen LogP contribution in [0.5, 0.6) is 0 Å². The molecule has 4 rings (SSSR count). The topological polar surface area (TPSA) is 107 Å². The van der Waals surface area contributed by atoms with Gasteiger partial charge in [0.15, 0.2) is 0 Å². The van der Waals surface area contributed by atoms with E-state index in [1.807, 2.05) is 18.4 Å². The number of rotatable bonds is 4. The molecule has 0 bridgehead atoms. The molecule has 9 nitrogen and oxygen atoms in total. The van der Waals surface area contributed by atoms with Gasteiger partial charge in [-0.05, 0) is 0 Å². The van der Waals surface area contributed by atoms with Gasteiger partial charge in [-0.1, -0.05) is 0 Å². The maximum atomic E-state index is 6.27. The maximum absolute atomic E-state index is 6.27. The van der Waals surface area contributed by atoms with E-state index in [1.165, 1.54) is 6.33 Å². The van der Waals surface area contributed by atoms with Gasteiger partial charge >= 0.3 is 161 Å². The molecule has 2 aromatic rings. The molecule has 2 fully saturated rings. The van der Waals surface area contributed by atoms with Crippen LogP contribution in [0.2, 0.25) is 11.4 Å². The van der Waals surface area contributed by atoms with Crippen molar-refractivity contribution in [3.05, 3.63) is 12.7 Å². The second-order valence-electron chi connectivity index (χ2n) is 6.95. The van der Waals surface area contributed by atoms with E-state index in [-0.39, 0.29) is 18.3 Å². The number of hydrogen-bond acceptors (Lipinski definition) is 9. The van der Waals surface area contributed by atoms with E-state index in [1.54, 1.807) is 6.33 Å². The number of anilines is 1. The summed E-state index contributed by atoms with van der Waals surface area (Å²) in [5, 5.41) is 0. The molecular formula is C15H22AsN5O4S. The average Bonchev–Trinajstić information content (AvgIpc) is 3.17. The SMILES string of the molecule is C[As](C)OC(S)[C@H]1O[C@@H](n2cnc3c(N)ncnc32)[C@@H]2OC(C)(C)O[C@@H]21. The molecule has 0 aliphatic carbocycles. The van der Waals surface area contributed by atoms with Crippen molar-refractivity contribution in [1.82, 2.24) is 19.5 Å². The molecule has 5 atom stereocenters. The number of nitrogens with two attached hydrogens (primary N) is 1. The Bertz CT molecular complexity index is 818. The van der Waals surface area contributed by atoms with E-state index >= 15 is 0 Å². The molecule has 0 aromatic carbocycles. The molecule has 2 N–H and O–H groups in total. The molecule has 0 spiro atoms. The summed E-state index contributed by atoms with van der Waals surface area (Å²) in [6, 6.07) is 0. The first-order valence-corrected chi connectivity index (χ1v) is 13.3. The van der Waals surface area contributed by atoms with Gasteiger partial charge in [0.05, 0.1) is 0 Å². The van der Waals surface area contributed by atoms with Crippen molar-refractivity contribution in [3.63, 3.8) is 0 Å². The Balaban J connectivity index is 1.70. The number of nitrogen functional groups attached to an aromatic ring is 1. The zero-order valence-corrected chi connectivity index (χ0v) is 17.7. The van der Waals surface area contributed by atoms with Crippen LogP contribution >= 0.6 is 12.6 Å². The molecule has 2 aromatic heterocycles. The Morgan fingerprint density at radius 1 is 1.27 bits per heavy atom. The zero-order valence-electron chi connectivity index (χ0n) is 14.9. The van der Waals surface area contributed by atoms with Gasteiger partial charge in [0, 0.05) is 0 Å². The van der Waals surface area contributed by atoms with E-state index in [2.05, 4.69) is 39.0 Å². The summed E-state index contributed by atoms with van der Waals surface area (Å²) in [5.41, 5.74) is 10.8. The van der Waals surface area contributed by atoms with Crippen LogP contribution in [0.25, 0.3) is 11.2 Å². The standard InChI is InChI=1S/C15H22AsN5O4S/c1-15(2)23-8-9(24-15)13(22-10(8)14(26)25-16(3)4)21-6-20-7-11(17)18-5-19-12(7)21/h5-6,8-10,13-14,26H,1-4H3,(H2,17,18,19)/t8-,9+,10-,13+,14?/m0/s1. The molecule has 0 amide bonds. The van der Waals surface area contributed by atoms with Crippen LogP contribution in [0, 0.1) is 0 Å². The van der Waals surface area contributed by atoms with Crippen LogP contribution in [0.4, 0.5) is 5.82 Å². The molecule has 0 radical (unpaired) electrons. The molecule has 2 aliphatic rings. The van der Waals surface area contributed by atoms with Gasteiger partial charge < -0.3 is 0 Å². The molecule has 142 valence electrons. The molecule has 4 heterocycles. The molecule has 26 heavy (non-hydrogen) atoms. The van der Waals surface area contributed by atoms with Gasteiger partial charge in [-0.2, -0.15) is 0 Å². The third kappa shape index (κ3) is 3.12. The number of nitrogens with zero attached hydrogens (tertiary/aromatic N) is 4. The Morgan fingerprint density at radius 3 is 2.73 bits per heavy atom. The Morgan fingerprint density at radius 2 is 2.00 bits per heavy atom. The minimum atomic E-state index is -1.36. The van der Waals surface area contributed by atoms with Gasteiger partial charge in [0.25, 0.3) is 0 Å². The quantitative estimate of drug-likeness (QED) is 0.415. The van der Waals surface area contributed by atoms with Gasteiger partial charge in [0.1, 0.15) is 0 Å². The first-order chi connectivity index (χ1) is 12.3. The van der Waals surface area contributed by atoms with Crippen LogP contribution < -0.4 is 5.73 Å². The third-order valence-electron chi connectivity index (χ3n) is 4.33. The first kappa shape index (κ1) is 18.5. The summed E-state index contributed by atoms with van der Waals surface area (Å²) >= 11 is 3.25. The summed E-state index contributed by atoms with van der Waals surface area (Å²) in [6.45, 7) is 3.77. The van der Waals surface area contributed by atoms with Gasteiger partial charge in [-0.15, -0.1) is 0 Å². The third-order valence-corrected chi connectivity index (χ3v) is 6.45. The summed E-state index contributed by atoms with van der Waals surface area (Å²) in [4.78, 5) is 12.6. The number of aromatic nitrogens is 4. The van der Waals surface area contributed by atoms with Crippen molar-refractivity contribution in [1.29, 1.82) is 0 Å². The summed E-state index contributed by atoms with van der Waals surface area (Å²) in [6.07, 6.45) is 1.56. The predicted molar refractivity (Wildman–Crippen MR) is 98.8 cm³/mol. The van der Waals surface area contributed by atoms with E-state index in [9.17, 15) is 0 Å². The van der Waals surface area contributed by atoms with E-state index in [0.29, 0.717) is 17.0 Å². The van der Waals surface area contributed by atoms with Crippen LogP contribution in [-0.4, -0.2) is 64.0 Å². The second-order valence-corrected chi connectivity index (χ2v) is 11.3. The zero-order chi connectivity index (χ0) is 18.6. The van der Waals surface area contributed by atoms with Crippen molar-refractivity contribution in [2.24, 2.45) is 0 Å². The number of ether oxygens (including phenoxy) is 3. The van der Waals surface area contributed by atoms with E-state index in [4.69, 9.17) is 23.7 Å². The molecule has 2 saturated heterocycles. The molecule has 1 unspecified atom stereocenters. The van der Waals surface area contributed by atoms with E-state index in [0.717, 1.165) is 0 Å². The summed E-state index contributed by atoms with van der Waals surface area (Å²) < 4.78 is 26.3. The van der Waals surface area contributed by atoms with Crippen LogP contribution in [0.1, 0.15) is 20.1 Å². The first-order valence-electron chi connectivity index (χ1n) is 8.23. The normalized spacial score (nSPS) is 31.6. The van der Waals surface area contributed by atoms with Crippen molar-refractivity contribution in [3.8, 4) is 0 Å². The van der Waals surface area contributed by atoms with Crippen molar-refractivity contribution >= 4 is 44.6 Å². The van der Waals surface area contributed by atoms with Gasteiger partial charge in [-0.25, -0.2) is 0 Å². The Kier molecular flexibility index (Phi) is 4.69. The summed E-state index contributed by atoms with van der Waals surface area (Å²) in [7, 11) is 0. The average molecular weight is 443 g/mol. The fourth-order valence-electron chi connectivity index (χ4n) is 3.39. The fraction of sp³-hybridized carbons (Fsp3) is 0.667. The fourth-order valence-corrected chi connectivity index (χ4v) is 5.77. The number of fused-ring (bicyclic) bond motifs is 2. The Labute approximate surface area is 161 Å². The second kappa shape index (κ2) is 6.61. The number of hydrogen-bond donors (Lipinski definition) is 2. The van der Waals surface area contributed by atoms with Crippen molar-refractivity contribution in [2.75, 3.05) is 5.73 Å². The molecular weight excluding hydrogens is 421 g/mol. The number of thiol groups is 1. The molecule has 0 saturated carbocycles. The molecule has 2 aliphatic heterocycles. The van der Waals surface area contributed by atoms with Crippen LogP contribution in [0.3, 0.4) is 0 Å². The summed E-state index contributed by atoms with van der Waals surface area (Å²) in [5.74, 6) is -0.395. The van der Waals surface area contributed by atoms with Crippen LogP contribution in [0.15, 0.2) is 12.7 Å². The van der Waals surface area contributed by atoms with Gasteiger partial charge in [-0.3, -0.25) is 0 Å². The number of imidazole rings is 1. The predicted octanol–water partition coefficient (Wildman–Crippen LogP) is 1.35. The van der Waals surface area contributed by atoms with Crippen molar-refractivity contribution in [2.45, 2.75) is 61.0 Å².